The zero-order valence-corrected chi connectivity index (χ0v) is 27.2. The molecule has 224 valence electrons. The van der Waals surface area contributed by atoms with Gasteiger partial charge in [0.05, 0.1) is 22.4 Å². The minimum Gasteiger partial charge on any atom is -0.307 e. The fourth-order valence-corrected chi connectivity index (χ4v) is 9.33. The third-order valence-electron chi connectivity index (χ3n) is 10.5. The van der Waals surface area contributed by atoms with Crippen LogP contribution in [0.5, 0.6) is 0 Å². The fourth-order valence-electron chi connectivity index (χ4n) is 8.20. The first kappa shape index (κ1) is 26.9. The van der Waals surface area contributed by atoms with Crippen molar-refractivity contribution in [1.82, 2.24) is 4.57 Å². The molecule has 3 heterocycles. The Morgan fingerprint density at radius 1 is 0.638 bits per heavy atom. The molecule has 0 atom stereocenters. The molecule has 0 saturated heterocycles. The first-order valence-electron chi connectivity index (χ1n) is 16.5. The molecule has 0 unspecified atom stereocenters. The number of aliphatic imine (C=N–C) groups is 1. The minimum absolute atomic E-state index is 0.0947. The summed E-state index contributed by atoms with van der Waals surface area (Å²) in [7, 11) is 0. The molecule has 0 fully saturated rings. The highest BCUT2D eigenvalue weighted by Crippen LogP contribution is 2.49. The van der Waals surface area contributed by atoms with Crippen molar-refractivity contribution in [3.8, 4) is 11.1 Å². The number of allylic oxidation sites excluding steroid dienone is 2. The summed E-state index contributed by atoms with van der Waals surface area (Å²) in [4.78, 5) is 5.69. The average Bonchev–Trinajstić information content (AvgIpc) is 3.68. The number of fused-ring (bicyclic) bond motifs is 10. The Morgan fingerprint density at radius 2 is 1.36 bits per heavy atom. The summed E-state index contributed by atoms with van der Waals surface area (Å²) in [6.45, 7) is 4.72. The lowest BCUT2D eigenvalue weighted by Crippen LogP contribution is -2.17. The molecule has 3 heteroatoms. The number of benzene rings is 6. The van der Waals surface area contributed by atoms with Gasteiger partial charge >= 0.3 is 0 Å². The quantitative estimate of drug-likeness (QED) is 0.183. The number of thiophene rings is 1. The number of hydrogen-bond acceptors (Lipinski definition) is 2. The van der Waals surface area contributed by atoms with E-state index in [4.69, 9.17) is 4.99 Å². The van der Waals surface area contributed by atoms with Crippen LogP contribution in [-0.4, -0.2) is 10.3 Å². The van der Waals surface area contributed by atoms with Crippen molar-refractivity contribution in [2.24, 2.45) is 4.99 Å². The van der Waals surface area contributed by atoms with Gasteiger partial charge in [-0.3, -0.25) is 0 Å². The zero-order valence-electron chi connectivity index (χ0n) is 26.4. The van der Waals surface area contributed by atoms with Crippen LogP contribution < -0.4 is 0 Å². The Bertz CT molecular complexity index is 2660. The van der Waals surface area contributed by atoms with Crippen LogP contribution in [0, 0.1) is 0 Å². The SMILES string of the molecule is CC1(C)c2ccccc2-c2ccc(C3=Nc4sc5ccccc5c4CCC=C3n3c4ccccc4c4cc5ccccc5cc43)cc21. The number of rotatable bonds is 2. The standard InChI is InChI=1S/C44H32N2S/c1-44(2)36-18-8-5-14-30(36)31-23-22-29(25-37(31)44)42-39(20-11-17-34-33-16-7-10-21-41(33)47-43(34)45-42)46-38-19-9-6-15-32(38)35-24-27-12-3-4-13-28(27)26-40(35)46/h3-10,12-16,18-26H,11,17H2,1-2H3. The second kappa shape index (κ2) is 9.87. The van der Waals surface area contributed by atoms with Crippen LogP contribution in [0.15, 0.2) is 138 Å². The van der Waals surface area contributed by atoms with E-state index in [1.54, 1.807) is 0 Å². The van der Waals surface area contributed by atoms with Crippen molar-refractivity contribution < 1.29 is 0 Å². The summed E-state index contributed by atoms with van der Waals surface area (Å²) >= 11 is 1.82. The number of nitrogens with zero attached hydrogens (tertiary/aromatic N) is 2. The molecular weight excluding hydrogens is 589 g/mol. The topological polar surface area (TPSA) is 17.3 Å². The summed E-state index contributed by atoms with van der Waals surface area (Å²) < 4.78 is 3.79. The van der Waals surface area contributed by atoms with E-state index in [0.29, 0.717) is 0 Å². The highest BCUT2D eigenvalue weighted by atomic mass is 32.1. The van der Waals surface area contributed by atoms with Crippen molar-refractivity contribution in [2.75, 3.05) is 0 Å². The second-order valence-corrected chi connectivity index (χ2v) is 14.5. The van der Waals surface area contributed by atoms with Crippen LogP contribution in [0.4, 0.5) is 5.00 Å². The molecule has 47 heavy (non-hydrogen) atoms. The minimum atomic E-state index is -0.0947. The third-order valence-corrected chi connectivity index (χ3v) is 11.6. The number of hydrogen-bond donors (Lipinski definition) is 0. The molecule has 2 nitrogen and oxygen atoms in total. The van der Waals surface area contributed by atoms with E-state index in [-0.39, 0.29) is 5.41 Å². The second-order valence-electron chi connectivity index (χ2n) is 13.5. The molecule has 0 saturated carbocycles. The van der Waals surface area contributed by atoms with Crippen molar-refractivity contribution in [1.29, 1.82) is 0 Å². The third kappa shape index (κ3) is 3.87. The number of para-hydroxylation sites is 1. The Labute approximate surface area is 278 Å². The van der Waals surface area contributed by atoms with Gasteiger partial charge in [-0.15, -0.1) is 11.3 Å². The maximum Gasteiger partial charge on any atom is 0.121 e. The van der Waals surface area contributed by atoms with E-state index in [9.17, 15) is 0 Å². The lowest BCUT2D eigenvalue weighted by molar-refractivity contribution is 0.660. The van der Waals surface area contributed by atoms with Crippen molar-refractivity contribution in [3.05, 3.63) is 156 Å². The Kier molecular flexibility index (Phi) is 5.66. The largest absolute Gasteiger partial charge is 0.307 e. The molecule has 0 bridgehead atoms. The molecule has 6 aromatic carbocycles. The van der Waals surface area contributed by atoms with Crippen LogP contribution in [0.2, 0.25) is 0 Å². The smallest absolute Gasteiger partial charge is 0.121 e. The Balaban J connectivity index is 1.28. The Morgan fingerprint density at radius 3 is 2.26 bits per heavy atom. The van der Waals surface area contributed by atoms with Gasteiger partial charge in [-0.25, -0.2) is 4.99 Å². The van der Waals surface area contributed by atoms with Crippen LogP contribution in [0.25, 0.3) is 59.5 Å². The van der Waals surface area contributed by atoms with Gasteiger partial charge in [-0.05, 0) is 87.1 Å². The van der Waals surface area contributed by atoms with Crippen LogP contribution in [0.1, 0.15) is 42.5 Å². The molecule has 8 aromatic rings. The zero-order chi connectivity index (χ0) is 31.3. The van der Waals surface area contributed by atoms with Gasteiger partial charge in [0, 0.05) is 26.5 Å². The molecule has 2 aliphatic rings. The van der Waals surface area contributed by atoms with E-state index in [2.05, 4.69) is 152 Å². The van der Waals surface area contributed by atoms with Crippen molar-refractivity contribution in [3.63, 3.8) is 0 Å². The van der Waals surface area contributed by atoms with E-state index >= 15 is 0 Å². The molecule has 1 aliphatic carbocycles. The normalized spacial score (nSPS) is 15.3. The van der Waals surface area contributed by atoms with Gasteiger partial charge in [0.25, 0.3) is 0 Å². The van der Waals surface area contributed by atoms with Crippen LogP contribution in [0.3, 0.4) is 0 Å². The molecule has 1 aliphatic heterocycles. The van der Waals surface area contributed by atoms with Gasteiger partial charge in [0.1, 0.15) is 5.00 Å². The van der Waals surface area contributed by atoms with Gasteiger partial charge in [-0.1, -0.05) is 117 Å². The summed E-state index contributed by atoms with van der Waals surface area (Å²) in [5, 5.41) is 7.51. The van der Waals surface area contributed by atoms with Crippen LogP contribution in [-0.2, 0) is 11.8 Å². The molecule has 0 N–H and O–H groups in total. The predicted molar refractivity (Wildman–Crippen MR) is 202 cm³/mol. The van der Waals surface area contributed by atoms with Gasteiger partial charge < -0.3 is 4.57 Å². The van der Waals surface area contributed by atoms with Crippen molar-refractivity contribution >= 4 is 70.4 Å². The maximum atomic E-state index is 5.69. The molecule has 0 amide bonds. The molecular formula is C44H32N2S. The fraction of sp³-hybridized carbons (Fsp3) is 0.114. The van der Waals surface area contributed by atoms with Gasteiger partial charge in [0.2, 0.25) is 0 Å². The van der Waals surface area contributed by atoms with E-state index in [1.165, 1.54) is 70.5 Å². The van der Waals surface area contributed by atoms with Gasteiger partial charge in [0.15, 0.2) is 0 Å². The lowest BCUT2D eigenvalue weighted by atomic mass is 9.81. The average molecular weight is 621 g/mol. The monoisotopic (exact) mass is 620 g/mol. The maximum absolute atomic E-state index is 5.69. The van der Waals surface area contributed by atoms with E-state index in [1.807, 2.05) is 11.3 Å². The predicted octanol–water partition coefficient (Wildman–Crippen LogP) is 12.1. The van der Waals surface area contributed by atoms with Crippen LogP contribution >= 0.6 is 11.3 Å². The lowest BCUT2D eigenvalue weighted by Gasteiger charge is -2.23. The number of aryl methyl sites for hydroxylation is 1. The molecule has 0 spiro atoms. The summed E-state index contributed by atoms with van der Waals surface area (Å²) in [6.07, 6.45) is 4.35. The highest BCUT2D eigenvalue weighted by molar-refractivity contribution is 7.22. The summed E-state index contributed by atoms with van der Waals surface area (Å²) in [5.41, 5.74) is 12.5. The first-order chi connectivity index (χ1) is 23.1. The Hall–Kier alpha value is -5.25. The van der Waals surface area contributed by atoms with E-state index < -0.39 is 0 Å². The van der Waals surface area contributed by atoms with Gasteiger partial charge in [-0.2, -0.15) is 0 Å². The molecule has 10 rings (SSSR count). The summed E-state index contributed by atoms with van der Waals surface area (Å²) in [5.74, 6) is 0. The number of aromatic nitrogens is 1. The molecule has 2 aromatic heterocycles. The molecule has 0 radical (unpaired) electrons. The highest BCUT2D eigenvalue weighted by Gasteiger charge is 2.36. The summed E-state index contributed by atoms with van der Waals surface area (Å²) in [6, 6.07) is 47.1. The van der Waals surface area contributed by atoms with E-state index in [0.717, 1.165) is 34.8 Å². The van der Waals surface area contributed by atoms with Crippen molar-refractivity contribution in [2.45, 2.75) is 32.1 Å². The first-order valence-corrected chi connectivity index (χ1v) is 17.3.